The number of hydrogen-bond acceptors (Lipinski definition) is 3. The highest BCUT2D eigenvalue weighted by Gasteiger charge is 2.29. The van der Waals surface area contributed by atoms with Gasteiger partial charge >= 0.3 is 0 Å². The molecule has 0 saturated heterocycles. The zero-order chi connectivity index (χ0) is 15.9. The number of carbonyl (C=O) groups is 1. The Labute approximate surface area is 143 Å². The summed E-state index contributed by atoms with van der Waals surface area (Å²) < 4.78 is 5.91. The Kier molecular flexibility index (Phi) is 5.37. The van der Waals surface area contributed by atoms with Gasteiger partial charge in [0.25, 0.3) is 5.91 Å². The van der Waals surface area contributed by atoms with Gasteiger partial charge in [0.1, 0.15) is 5.58 Å². The van der Waals surface area contributed by atoms with Gasteiger partial charge in [0.05, 0.1) is 0 Å². The van der Waals surface area contributed by atoms with E-state index in [1.54, 1.807) is 0 Å². The van der Waals surface area contributed by atoms with Crippen molar-refractivity contribution in [3.63, 3.8) is 0 Å². The molecule has 1 heterocycles. The molecule has 126 valence electrons. The molecule has 1 aromatic heterocycles. The first-order valence-electron chi connectivity index (χ1n) is 8.03. The number of benzene rings is 1. The Bertz CT molecular complexity index is 723. The van der Waals surface area contributed by atoms with E-state index in [2.05, 4.69) is 11.4 Å². The Morgan fingerprint density at radius 3 is 2.61 bits per heavy atom. The van der Waals surface area contributed by atoms with E-state index >= 15 is 0 Å². The lowest BCUT2D eigenvalue weighted by Gasteiger charge is -2.18. The van der Waals surface area contributed by atoms with Crippen LogP contribution in [0.15, 0.2) is 16.5 Å². The van der Waals surface area contributed by atoms with E-state index in [1.807, 2.05) is 26.8 Å². The molecular weight excluding hydrogens is 312 g/mol. The summed E-state index contributed by atoms with van der Waals surface area (Å²) >= 11 is 0. The van der Waals surface area contributed by atoms with Gasteiger partial charge < -0.3 is 15.5 Å². The maximum absolute atomic E-state index is 12.6. The summed E-state index contributed by atoms with van der Waals surface area (Å²) in [5.74, 6) is 0.713. The summed E-state index contributed by atoms with van der Waals surface area (Å²) in [5.41, 5.74) is 9.74. The first-order chi connectivity index (χ1) is 10.5. The van der Waals surface area contributed by atoms with Crippen LogP contribution in [0, 0.1) is 26.7 Å². The van der Waals surface area contributed by atoms with E-state index in [9.17, 15) is 4.79 Å². The van der Waals surface area contributed by atoms with Gasteiger partial charge in [-0.05, 0) is 57.2 Å². The Hall–Kier alpha value is -1.52. The molecule has 1 aromatic carbocycles. The van der Waals surface area contributed by atoms with Crippen LogP contribution < -0.4 is 11.1 Å². The number of carbonyl (C=O) groups excluding carboxylic acids is 1. The molecule has 1 aliphatic carbocycles. The Balaban J connectivity index is 0.00000192. The zero-order valence-electron chi connectivity index (χ0n) is 13.9. The largest absolute Gasteiger partial charge is 0.450 e. The number of fused-ring (bicyclic) bond motifs is 1. The predicted molar refractivity (Wildman–Crippen MR) is 95.3 cm³/mol. The van der Waals surface area contributed by atoms with Crippen LogP contribution in [0.5, 0.6) is 0 Å². The molecule has 1 amide bonds. The minimum absolute atomic E-state index is 0. The van der Waals surface area contributed by atoms with Gasteiger partial charge in [0.2, 0.25) is 0 Å². The quantitative estimate of drug-likeness (QED) is 0.899. The smallest absolute Gasteiger partial charge is 0.287 e. The molecule has 0 bridgehead atoms. The van der Waals surface area contributed by atoms with Crippen molar-refractivity contribution in [2.45, 2.75) is 46.1 Å². The fourth-order valence-electron chi connectivity index (χ4n) is 3.63. The van der Waals surface area contributed by atoms with Crippen LogP contribution in [0.3, 0.4) is 0 Å². The second kappa shape index (κ2) is 6.93. The number of nitrogens with one attached hydrogen (secondary N) is 1. The summed E-state index contributed by atoms with van der Waals surface area (Å²) in [4.78, 5) is 12.6. The molecule has 2 atom stereocenters. The van der Waals surface area contributed by atoms with Crippen LogP contribution in [-0.4, -0.2) is 18.5 Å². The van der Waals surface area contributed by atoms with Crippen molar-refractivity contribution in [2.24, 2.45) is 11.7 Å². The van der Waals surface area contributed by atoms with Crippen molar-refractivity contribution in [3.8, 4) is 0 Å². The molecule has 3 N–H and O–H groups in total. The van der Waals surface area contributed by atoms with Crippen molar-refractivity contribution in [3.05, 3.63) is 34.6 Å². The van der Waals surface area contributed by atoms with Gasteiger partial charge in [-0.2, -0.15) is 0 Å². The molecule has 23 heavy (non-hydrogen) atoms. The number of aryl methyl sites for hydroxylation is 3. The summed E-state index contributed by atoms with van der Waals surface area (Å²) in [6.07, 6.45) is 3.23. The first-order valence-corrected chi connectivity index (χ1v) is 8.03. The van der Waals surface area contributed by atoms with Crippen LogP contribution in [0.4, 0.5) is 0 Å². The van der Waals surface area contributed by atoms with Crippen molar-refractivity contribution in [1.82, 2.24) is 5.32 Å². The van der Waals surface area contributed by atoms with E-state index in [0.717, 1.165) is 46.9 Å². The van der Waals surface area contributed by atoms with E-state index in [1.165, 1.54) is 0 Å². The summed E-state index contributed by atoms with van der Waals surface area (Å²) in [6.45, 7) is 6.64. The number of nitrogens with two attached hydrogens (primary N) is 1. The lowest BCUT2D eigenvalue weighted by molar-refractivity contribution is 0.0902. The van der Waals surface area contributed by atoms with Crippen molar-refractivity contribution in [2.75, 3.05) is 6.54 Å². The third kappa shape index (κ3) is 3.10. The highest BCUT2D eigenvalue weighted by molar-refractivity contribution is 6.00. The Morgan fingerprint density at radius 1 is 1.26 bits per heavy atom. The average Bonchev–Trinajstić information content (AvgIpc) is 3.08. The minimum Gasteiger partial charge on any atom is -0.450 e. The molecule has 1 saturated carbocycles. The molecule has 1 fully saturated rings. The topological polar surface area (TPSA) is 68.3 Å². The van der Waals surface area contributed by atoms with Gasteiger partial charge in [-0.3, -0.25) is 4.79 Å². The fourth-order valence-corrected chi connectivity index (χ4v) is 3.63. The predicted octanol–water partition coefficient (Wildman–Crippen LogP) is 3.64. The second-order valence-electron chi connectivity index (χ2n) is 6.47. The summed E-state index contributed by atoms with van der Waals surface area (Å²) in [5, 5.41) is 4.19. The lowest BCUT2D eigenvalue weighted by atomic mass is 10.0. The SMILES string of the molecule is Cc1ccc(C)c2c(C)c(C(=O)NC3CCCC3CN)oc12.Cl. The number of hydrogen-bond donors (Lipinski definition) is 2. The maximum atomic E-state index is 12.6. The van der Waals surface area contributed by atoms with Gasteiger partial charge in [-0.1, -0.05) is 18.6 Å². The minimum atomic E-state index is -0.113. The van der Waals surface area contributed by atoms with Gasteiger partial charge in [0, 0.05) is 17.0 Å². The monoisotopic (exact) mass is 336 g/mol. The first kappa shape index (κ1) is 17.8. The van der Waals surface area contributed by atoms with Gasteiger partial charge in [-0.15, -0.1) is 12.4 Å². The maximum Gasteiger partial charge on any atom is 0.287 e. The zero-order valence-corrected chi connectivity index (χ0v) is 14.8. The second-order valence-corrected chi connectivity index (χ2v) is 6.47. The van der Waals surface area contributed by atoms with E-state index in [4.69, 9.17) is 10.2 Å². The van der Waals surface area contributed by atoms with Crippen molar-refractivity contribution in [1.29, 1.82) is 0 Å². The normalized spacial score (nSPS) is 20.5. The van der Waals surface area contributed by atoms with Crippen LogP contribution in [-0.2, 0) is 0 Å². The van der Waals surface area contributed by atoms with Crippen LogP contribution in [0.2, 0.25) is 0 Å². The number of rotatable bonds is 3. The highest BCUT2D eigenvalue weighted by atomic mass is 35.5. The molecule has 2 unspecified atom stereocenters. The third-order valence-corrected chi connectivity index (χ3v) is 4.97. The molecule has 2 aromatic rings. The lowest BCUT2D eigenvalue weighted by Crippen LogP contribution is -2.39. The molecule has 0 radical (unpaired) electrons. The van der Waals surface area contributed by atoms with Gasteiger partial charge in [0.15, 0.2) is 5.76 Å². The number of furan rings is 1. The molecule has 1 aliphatic rings. The van der Waals surface area contributed by atoms with E-state index < -0.39 is 0 Å². The average molecular weight is 337 g/mol. The summed E-state index contributed by atoms with van der Waals surface area (Å²) in [6, 6.07) is 4.28. The summed E-state index contributed by atoms with van der Waals surface area (Å²) in [7, 11) is 0. The van der Waals surface area contributed by atoms with E-state index in [-0.39, 0.29) is 24.4 Å². The molecular formula is C18H25ClN2O2. The number of amides is 1. The highest BCUT2D eigenvalue weighted by Crippen LogP contribution is 2.31. The Morgan fingerprint density at radius 2 is 1.96 bits per heavy atom. The number of halogens is 1. The molecule has 4 nitrogen and oxygen atoms in total. The van der Waals surface area contributed by atoms with Crippen LogP contribution >= 0.6 is 12.4 Å². The molecule has 5 heteroatoms. The fraction of sp³-hybridized carbons (Fsp3) is 0.500. The third-order valence-electron chi connectivity index (χ3n) is 4.97. The standard InChI is InChI=1S/C18H24N2O2.ClH/c1-10-7-8-11(2)16-15(10)12(3)17(22-16)18(21)20-14-6-4-5-13(14)9-19;/h7-8,13-14H,4-6,9,19H2,1-3H3,(H,20,21);1H. The van der Waals surface area contributed by atoms with Crippen molar-refractivity contribution < 1.29 is 9.21 Å². The van der Waals surface area contributed by atoms with Crippen LogP contribution in [0.1, 0.15) is 46.5 Å². The van der Waals surface area contributed by atoms with Crippen LogP contribution in [0.25, 0.3) is 11.0 Å². The molecule has 0 aliphatic heterocycles. The van der Waals surface area contributed by atoms with Gasteiger partial charge in [-0.25, -0.2) is 0 Å². The van der Waals surface area contributed by atoms with E-state index in [0.29, 0.717) is 18.2 Å². The molecule has 3 rings (SSSR count). The van der Waals surface area contributed by atoms with Crippen molar-refractivity contribution >= 4 is 29.3 Å². The molecule has 0 spiro atoms.